The van der Waals surface area contributed by atoms with Crippen molar-refractivity contribution in [1.29, 1.82) is 0 Å². The van der Waals surface area contributed by atoms with Crippen LogP contribution in [-0.4, -0.2) is 23.3 Å². The lowest BCUT2D eigenvalue weighted by atomic mass is 9.55. The zero-order valence-electron chi connectivity index (χ0n) is 13.5. The maximum atomic E-state index is 11.5. The number of thiazole rings is 1. The highest BCUT2D eigenvalue weighted by Gasteiger charge is 2.46. The van der Waals surface area contributed by atoms with Gasteiger partial charge in [-0.25, -0.2) is 4.98 Å². The summed E-state index contributed by atoms with van der Waals surface area (Å²) >= 11 is 1.48. The second-order valence-corrected chi connectivity index (χ2v) is 8.18. The van der Waals surface area contributed by atoms with Crippen LogP contribution < -0.4 is 5.43 Å². The molecule has 4 bridgehead atoms. The minimum Gasteiger partial charge on any atom is -0.466 e. The van der Waals surface area contributed by atoms with Gasteiger partial charge >= 0.3 is 5.97 Å². The van der Waals surface area contributed by atoms with E-state index in [0.717, 1.165) is 21.8 Å². The second kappa shape index (κ2) is 6.23. The van der Waals surface area contributed by atoms with Gasteiger partial charge in [0, 0.05) is 16.8 Å². The lowest BCUT2D eigenvalue weighted by Crippen LogP contribution is -2.45. The molecule has 0 amide bonds. The average molecular weight is 333 g/mol. The first kappa shape index (κ1) is 15.1. The van der Waals surface area contributed by atoms with Gasteiger partial charge in [-0.2, -0.15) is 5.10 Å². The number of rotatable bonds is 5. The van der Waals surface area contributed by atoms with Crippen LogP contribution in [0.3, 0.4) is 0 Å². The fourth-order valence-electron chi connectivity index (χ4n) is 4.76. The molecule has 0 unspecified atom stereocenters. The second-order valence-electron chi connectivity index (χ2n) is 7.07. The van der Waals surface area contributed by atoms with Gasteiger partial charge in [-0.15, -0.1) is 0 Å². The number of hydrogen-bond donors (Lipinski definition) is 1. The normalized spacial score (nSPS) is 31.3. The van der Waals surface area contributed by atoms with Crippen molar-refractivity contribution < 1.29 is 9.53 Å². The molecule has 1 aromatic rings. The largest absolute Gasteiger partial charge is 0.466 e. The third-order valence-electron chi connectivity index (χ3n) is 5.43. The van der Waals surface area contributed by atoms with Gasteiger partial charge in [-0.1, -0.05) is 11.3 Å². The molecular weight excluding hydrogens is 310 g/mol. The van der Waals surface area contributed by atoms with Crippen LogP contribution >= 0.6 is 11.3 Å². The van der Waals surface area contributed by atoms with Gasteiger partial charge in [0.15, 0.2) is 0 Å². The zero-order chi connectivity index (χ0) is 15.8. The number of ether oxygens (including phenoxy) is 1. The van der Waals surface area contributed by atoms with Gasteiger partial charge in [-0.3, -0.25) is 10.2 Å². The Morgan fingerprint density at radius 3 is 2.65 bits per heavy atom. The van der Waals surface area contributed by atoms with Crippen LogP contribution in [0.4, 0.5) is 5.13 Å². The van der Waals surface area contributed by atoms with E-state index < -0.39 is 0 Å². The molecule has 4 saturated carbocycles. The topological polar surface area (TPSA) is 63.6 Å². The van der Waals surface area contributed by atoms with Crippen LogP contribution in [0.1, 0.15) is 43.9 Å². The molecule has 0 radical (unpaired) electrons. The molecule has 0 aliphatic heterocycles. The van der Waals surface area contributed by atoms with Gasteiger partial charge < -0.3 is 4.74 Å². The van der Waals surface area contributed by atoms with Crippen molar-refractivity contribution in [2.75, 3.05) is 12.0 Å². The van der Waals surface area contributed by atoms with Crippen molar-refractivity contribution in [2.45, 2.75) is 45.4 Å². The van der Waals surface area contributed by atoms with Crippen molar-refractivity contribution >= 4 is 28.1 Å². The Kier molecular flexibility index (Phi) is 4.09. The molecule has 4 aliphatic rings. The predicted molar refractivity (Wildman–Crippen MR) is 90.6 cm³/mol. The molecule has 5 rings (SSSR count). The van der Waals surface area contributed by atoms with E-state index in [1.165, 1.54) is 49.2 Å². The molecule has 4 fully saturated rings. The minimum absolute atomic E-state index is 0.199. The molecule has 0 atom stereocenters. The first-order valence-electron chi connectivity index (χ1n) is 8.65. The maximum absolute atomic E-state index is 11.5. The Balaban J connectivity index is 1.39. The predicted octanol–water partition coefficient (Wildman–Crippen LogP) is 3.47. The molecule has 1 heterocycles. The Morgan fingerprint density at radius 2 is 2.00 bits per heavy atom. The highest BCUT2D eigenvalue weighted by atomic mass is 32.1. The van der Waals surface area contributed by atoms with Crippen molar-refractivity contribution in [2.24, 2.45) is 28.8 Å². The number of hydrogen-bond acceptors (Lipinski definition) is 6. The summed E-state index contributed by atoms with van der Waals surface area (Å²) in [5.41, 5.74) is 4.52. The van der Waals surface area contributed by atoms with E-state index in [1.54, 1.807) is 6.20 Å². The van der Waals surface area contributed by atoms with Crippen LogP contribution in [0.15, 0.2) is 11.3 Å². The number of esters is 1. The summed E-state index contributed by atoms with van der Waals surface area (Å²) in [6.07, 6.45) is 8.81. The fourth-order valence-corrected chi connectivity index (χ4v) is 5.50. The quantitative estimate of drug-likeness (QED) is 0.662. The standard InChI is InChI=1S/C17H23N3O2S/c1-2-22-15(21)8-14-9-18-17(23-14)20-19-16-12-4-10-3-11(6-12)7-13(16)5-10/h9-13H,2-8H2,1H3,(H,18,20). The average Bonchev–Trinajstić information content (AvgIpc) is 2.93. The first-order valence-corrected chi connectivity index (χ1v) is 9.46. The van der Waals surface area contributed by atoms with Crippen LogP contribution in [-0.2, 0) is 16.0 Å². The van der Waals surface area contributed by atoms with Gasteiger partial charge in [0.25, 0.3) is 0 Å². The van der Waals surface area contributed by atoms with Crippen LogP contribution in [0.2, 0.25) is 0 Å². The van der Waals surface area contributed by atoms with Crippen LogP contribution in [0.25, 0.3) is 0 Å². The number of carbonyl (C=O) groups excluding carboxylic acids is 1. The fraction of sp³-hybridized carbons (Fsp3) is 0.706. The Hall–Kier alpha value is -1.43. The molecule has 6 heteroatoms. The van der Waals surface area contributed by atoms with E-state index >= 15 is 0 Å². The summed E-state index contributed by atoms with van der Waals surface area (Å²) in [4.78, 5) is 16.7. The summed E-state index contributed by atoms with van der Waals surface area (Å²) in [6, 6.07) is 0. The lowest BCUT2D eigenvalue weighted by molar-refractivity contribution is -0.142. The maximum Gasteiger partial charge on any atom is 0.311 e. The van der Waals surface area contributed by atoms with Gasteiger partial charge in [0.1, 0.15) is 0 Å². The summed E-state index contributed by atoms with van der Waals surface area (Å²) in [5.74, 6) is 3.09. The summed E-state index contributed by atoms with van der Waals surface area (Å²) in [6.45, 7) is 2.24. The number of nitrogens with one attached hydrogen (secondary N) is 1. The smallest absolute Gasteiger partial charge is 0.311 e. The zero-order valence-corrected chi connectivity index (χ0v) is 14.3. The van der Waals surface area contributed by atoms with Gasteiger partial charge in [-0.05, 0) is 62.7 Å². The van der Waals surface area contributed by atoms with E-state index in [4.69, 9.17) is 9.84 Å². The number of nitrogens with zero attached hydrogens (tertiary/aromatic N) is 2. The molecule has 1 N–H and O–H groups in total. The third kappa shape index (κ3) is 3.13. The highest BCUT2D eigenvalue weighted by molar-refractivity contribution is 7.15. The van der Waals surface area contributed by atoms with Crippen molar-refractivity contribution in [1.82, 2.24) is 4.98 Å². The Morgan fingerprint density at radius 1 is 1.30 bits per heavy atom. The SMILES string of the molecule is CCOC(=O)Cc1cnc(NN=C2C3CC4CC(C3)CC2C4)s1. The van der Waals surface area contributed by atoms with E-state index in [2.05, 4.69) is 10.4 Å². The van der Waals surface area contributed by atoms with Crippen LogP contribution in [0.5, 0.6) is 0 Å². The number of aromatic nitrogens is 1. The molecule has 1 aromatic heterocycles. The Labute approximate surface area is 140 Å². The summed E-state index contributed by atoms with van der Waals surface area (Å²) < 4.78 is 4.97. The molecular formula is C17H23N3O2S. The third-order valence-corrected chi connectivity index (χ3v) is 6.33. The number of hydrazone groups is 1. The van der Waals surface area contributed by atoms with E-state index in [9.17, 15) is 4.79 Å². The van der Waals surface area contributed by atoms with Crippen molar-refractivity contribution in [3.63, 3.8) is 0 Å². The molecule has 5 nitrogen and oxygen atoms in total. The molecule has 23 heavy (non-hydrogen) atoms. The highest BCUT2D eigenvalue weighted by Crippen LogP contribution is 2.52. The van der Waals surface area contributed by atoms with Crippen molar-refractivity contribution in [3.8, 4) is 0 Å². The van der Waals surface area contributed by atoms with Gasteiger partial charge in [0.05, 0.1) is 13.0 Å². The number of carbonyl (C=O) groups is 1. The summed E-state index contributed by atoms with van der Waals surface area (Å²) in [5, 5.41) is 5.49. The van der Waals surface area contributed by atoms with Crippen LogP contribution in [0, 0.1) is 23.7 Å². The molecule has 0 spiro atoms. The van der Waals surface area contributed by atoms with E-state index in [-0.39, 0.29) is 5.97 Å². The minimum atomic E-state index is -0.199. The molecule has 0 saturated heterocycles. The molecule has 0 aromatic carbocycles. The van der Waals surface area contributed by atoms with E-state index in [0.29, 0.717) is 24.9 Å². The first-order chi connectivity index (χ1) is 11.2. The monoisotopic (exact) mass is 333 g/mol. The number of anilines is 1. The van der Waals surface area contributed by atoms with Gasteiger partial charge in [0.2, 0.25) is 5.13 Å². The molecule has 4 aliphatic carbocycles. The van der Waals surface area contributed by atoms with E-state index in [1.807, 2.05) is 6.92 Å². The molecule has 124 valence electrons. The lowest BCUT2D eigenvalue weighted by Gasteiger charge is -2.50. The summed E-state index contributed by atoms with van der Waals surface area (Å²) in [7, 11) is 0. The van der Waals surface area contributed by atoms with Crippen molar-refractivity contribution in [3.05, 3.63) is 11.1 Å². The Bertz CT molecular complexity index is 595.